The number of carbonyl (C=O) groups is 1. The van der Waals surface area contributed by atoms with E-state index in [9.17, 15) is 4.79 Å². The molecule has 0 bridgehead atoms. The number of nitrogens with one attached hydrogen (secondary N) is 1. The summed E-state index contributed by atoms with van der Waals surface area (Å²) in [7, 11) is 0. The minimum absolute atomic E-state index is 0.368. The van der Waals surface area contributed by atoms with Gasteiger partial charge in [-0.1, -0.05) is 35.3 Å². The van der Waals surface area contributed by atoms with Gasteiger partial charge in [0.1, 0.15) is 11.3 Å². The number of imidazole rings is 1. The number of hydrogen-bond donors (Lipinski definition) is 1. The monoisotopic (exact) mass is 424 g/mol. The molecule has 1 N–H and O–H groups in total. The molecule has 8 heteroatoms. The maximum absolute atomic E-state index is 12.4. The minimum atomic E-state index is -0.368. The second-order valence-electron chi connectivity index (χ2n) is 4.96. The van der Waals surface area contributed by atoms with E-state index in [1.165, 1.54) is 6.21 Å². The van der Waals surface area contributed by atoms with Gasteiger partial charge >= 0.3 is 0 Å². The molecular weight excluding hydrogens is 415 g/mol. The van der Waals surface area contributed by atoms with Crippen LogP contribution >= 0.6 is 39.1 Å². The Bertz CT molecular complexity index is 968. The standard InChI is InChI=1S/C16H11BrCl2N4O/c1-9-15(23-8-11(17)5-6-13(23)21-9)16(24)22-20-7-10-3-2-4-12(18)14(10)19/h2-8H,1H3,(H,22,24)/b20-7-. The van der Waals surface area contributed by atoms with E-state index in [1.54, 1.807) is 35.7 Å². The number of aryl methyl sites for hydroxylation is 1. The summed E-state index contributed by atoms with van der Waals surface area (Å²) in [4.78, 5) is 16.8. The van der Waals surface area contributed by atoms with Gasteiger partial charge in [-0.3, -0.25) is 9.20 Å². The molecule has 2 aromatic heterocycles. The summed E-state index contributed by atoms with van der Waals surface area (Å²) in [6.07, 6.45) is 3.22. The van der Waals surface area contributed by atoms with Gasteiger partial charge in [-0.15, -0.1) is 0 Å². The van der Waals surface area contributed by atoms with E-state index in [0.717, 1.165) is 4.47 Å². The number of halogens is 3. The molecule has 1 aromatic carbocycles. The molecule has 2 heterocycles. The van der Waals surface area contributed by atoms with Crippen molar-refractivity contribution in [1.82, 2.24) is 14.8 Å². The van der Waals surface area contributed by atoms with Crippen LogP contribution in [0.3, 0.4) is 0 Å². The lowest BCUT2D eigenvalue weighted by Crippen LogP contribution is -2.20. The second kappa shape index (κ2) is 6.93. The summed E-state index contributed by atoms with van der Waals surface area (Å²) in [6.45, 7) is 1.77. The summed E-state index contributed by atoms with van der Waals surface area (Å²) < 4.78 is 2.55. The quantitative estimate of drug-likeness (QED) is 0.496. The van der Waals surface area contributed by atoms with E-state index in [-0.39, 0.29) is 5.91 Å². The van der Waals surface area contributed by atoms with E-state index in [0.29, 0.717) is 32.6 Å². The summed E-state index contributed by atoms with van der Waals surface area (Å²) >= 11 is 15.4. The third kappa shape index (κ3) is 3.31. The highest BCUT2D eigenvalue weighted by Crippen LogP contribution is 2.24. The van der Waals surface area contributed by atoms with Crippen molar-refractivity contribution in [3.63, 3.8) is 0 Å². The average molecular weight is 426 g/mol. The first-order chi connectivity index (χ1) is 11.5. The predicted octanol–water partition coefficient (Wildman–Crippen LogP) is 4.48. The molecule has 3 rings (SSSR count). The van der Waals surface area contributed by atoms with Gasteiger partial charge in [-0.25, -0.2) is 10.4 Å². The van der Waals surface area contributed by atoms with Crippen LogP contribution in [0.4, 0.5) is 0 Å². The second-order valence-corrected chi connectivity index (χ2v) is 6.66. The van der Waals surface area contributed by atoms with Crippen molar-refractivity contribution in [2.75, 3.05) is 0 Å². The van der Waals surface area contributed by atoms with Crippen molar-refractivity contribution in [2.24, 2.45) is 5.10 Å². The van der Waals surface area contributed by atoms with Crippen LogP contribution in [0, 0.1) is 6.92 Å². The Morgan fingerprint density at radius 3 is 2.92 bits per heavy atom. The number of fused-ring (bicyclic) bond motifs is 1. The van der Waals surface area contributed by atoms with Crippen LogP contribution in [-0.4, -0.2) is 21.5 Å². The summed E-state index contributed by atoms with van der Waals surface area (Å²) in [5.74, 6) is -0.368. The first-order valence-corrected chi connectivity index (χ1v) is 8.44. The number of hydrogen-bond acceptors (Lipinski definition) is 3. The van der Waals surface area contributed by atoms with Crippen molar-refractivity contribution in [2.45, 2.75) is 6.92 Å². The zero-order valence-corrected chi connectivity index (χ0v) is 15.5. The normalized spacial score (nSPS) is 11.3. The van der Waals surface area contributed by atoms with E-state index < -0.39 is 0 Å². The maximum Gasteiger partial charge on any atom is 0.290 e. The average Bonchev–Trinajstić information content (AvgIpc) is 2.86. The molecular formula is C16H11BrCl2N4O. The number of carbonyl (C=O) groups excluding carboxylic acids is 1. The van der Waals surface area contributed by atoms with Crippen LogP contribution in [0.15, 0.2) is 46.1 Å². The van der Waals surface area contributed by atoms with Crippen molar-refractivity contribution in [3.05, 3.63) is 68.0 Å². The molecule has 0 fully saturated rings. The number of hydrazone groups is 1. The highest BCUT2D eigenvalue weighted by molar-refractivity contribution is 9.10. The molecule has 0 radical (unpaired) electrons. The van der Waals surface area contributed by atoms with Crippen molar-refractivity contribution >= 4 is 56.9 Å². The largest absolute Gasteiger partial charge is 0.294 e. The van der Waals surface area contributed by atoms with Crippen LogP contribution < -0.4 is 5.43 Å². The Hall–Kier alpha value is -1.89. The van der Waals surface area contributed by atoms with Crippen molar-refractivity contribution < 1.29 is 4.79 Å². The fraction of sp³-hybridized carbons (Fsp3) is 0.0625. The molecule has 5 nitrogen and oxygen atoms in total. The first-order valence-electron chi connectivity index (χ1n) is 6.89. The van der Waals surface area contributed by atoms with Crippen LogP contribution in [0.5, 0.6) is 0 Å². The molecule has 0 aliphatic heterocycles. The van der Waals surface area contributed by atoms with Crippen LogP contribution in [0.1, 0.15) is 21.7 Å². The highest BCUT2D eigenvalue weighted by atomic mass is 79.9. The van der Waals surface area contributed by atoms with E-state index >= 15 is 0 Å². The number of rotatable bonds is 3. The number of pyridine rings is 1. The van der Waals surface area contributed by atoms with E-state index in [1.807, 2.05) is 12.1 Å². The molecule has 0 saturated heterocycles. The third-order valence-corrected chi connectivity index (χ3v) is 4.63. The van der Waals surface area contributed by atoms with Crippen LogP contribution in [0.2, 0.25) is 10.0 Å². The van der Waals surface area contributed by atoms with Gasteiger partial charge in [-0.2, -0.15) is 5.10 Å². The highest BCUT2D eigenvalue weighted by Gasteiger charge is 2.16. The zero-order valence-electron chi connectivity index (χ0n) is 12.4. The van der Waals surface area contributed by atoms with Gasteiger partial charge in [0.15, 0.2) is 0 Å². The molecule has 24 heavy (non-hydrogen) atoms. The number of amides is 1. The fourth-order valence-electron chi connectivity index (χ4n) is 2.24. The van der Waals surface area contributed by atoms with Crippen molar-refractivity contribution in [3.8, 4) is 0 Å². The molecule has 0 unspecified atom stereocenters. The molecule has 1 amide bonds. The Morgan fingerprint density at radius 2 is 2.12 bits per heavy atom. The predicted molar refractivity (Wildman–Crippen MR) is 99.2 cm³/mol. The first kappa shape index (κ1) is 17.0. The molecule has 0 atom stereocenters. The third-order valence-electron chi connectivity index (χ3n) is 3.32. The van der Waals surface area contributed by atoms with Crippen LogP contribution in [-0.2, 0) is 0 Å². The minimum Gasteiger partial charge on any atom is -0.294 e. The molecule has 0 saturated carbocycles. The lowest BCUT2D eigenvalue weighted by atomic mass is 10.2. The molecule has 0 aliphatic carbocycles. The van der Waals surface area contributed by atoms with Gasteiger partial charge in [0.2, 0.25) is 0 Å². The van der Waals surface area contributed by atoms with Gasteiger partial charge in [0.25, 0.3) is 5.91 Å². The van der Waals surface area contributed by atoms with Gasteiger partial charge in [0.05, 0.1) is 22.0 Å². The van der Waals surface area contributed by atoms with E-state index in [2.05, 4.69) is 31.4 Å². The smallest absolute Gasteiger partial charge is 0.290 e. The summed E-state index contributed by atoms with van der Waals surface area (Å²) in [6, 6.07) is 8.87. The Morgan fingerprint density at radius 1 is 1.33 bits per heavy atom. The summed E-state index contributed by atoms with van der Waals surface area (Å²) in [5.41, 5.74) is 4.81. The topological polar surface area (TPSA) is 58.8 Å². The summed E-state index contributed by atoms with van der Waals surface area (Å²) in [5, 5.41) is 4.76. The van der Waals surface area contributed by atoms with Crippen molar-refractivity contribution in [1.29, 1.82) is 0 Å². The Balaban J connectivity index is 1.85. The van der Waals surface area contributed by atoms with E-state index in [4.69, 9.17) is 23.2 Å². The Labute approximate surface area is 156 Å². The SMILES string of the molecule is Cc1nc2ccc(Br)cn2c1C(=O)N/N=C\c1cccc(Cl)c1Cl. The molecule has 122 valence electrons. The maximum atomic E-state index is 12.4. The Kier molecular flexibility index (Phi) is 4.89. The van der Waals surface area contributed by atoms with Gasteiger partial charge in [-0.05, 0) is 41.1 Å². The number of benzene rings is 1. The number of aromatic nitrogens is 2. The number of nitrogens with zero attached hydrogens (tertiary/aromatic N) is 3. The van der Waals surface area contributed by atoms with Crippen LogP contribution in [0.25, 0.3) is 5.65 Å². The molecule has 0 aliphatic rings. The molecule has 3 aromatic rings. The lowest BCUT2D eigenvalue weighted by molar-refractivity contribution is 0.0948. The fourth-order valence-corrected chi connectivity index (χ4v) is 2.94. The lowest BCUT2D eigenvalue weighted by Gasteiger charge is -2.03. The molecule has 0 spiro atoms. The zero-order chi connectivity index (χ0) is 17.3. The van der Waals surface area contributed by atoms with Gasteiger partial charge < -0.3 is 0 Å². The van der Waals surface area contributed by atoms with Gasteiger partial charge in [0, 0.05) is 16.2 Å².